The highest BCUT2D eigenvalue weighted by Crippen LogP contribution is 2.45. The van der Waals surface area contributed by atoms with Crippen LogP contribution >= 0.6 is 0 Å². The van der Waals surface area contributed by atoms with Crippen molar-refractivity contribution in [1.82, 2.24) is 14.5 Å². The molecular weight excluding hydrogens is 408 g/mol. The van der Waals surface area contributed by atoms with Crippen molar-refractivity contribution in [3.63, 3.8) is 0 Å². The molecule has 0 spiro atoms. The van der Waals surface area contributed by atoms with Gasteiger partial charge in [0.05, 0.1) is 17.7 Å². The van der Waals surface area contributed by atoms with E-state index >= 15 is 4.39 Å². The van der Waals surface area contributed by atoms with Gasteiger partial charge in [-0.1, -0.05) is 6.92 Å². The minimum absolute atomic E-state index is 0.0360. The quantitative estimate of drug-likeness (QED) is 0.709. The molecule has 166 valence electrons. The average Bonchev–Trinajstić information content (AvgIpc) is 3.39. The number of fused-ring (bicyclic) bond motifs is 1. The Labute approximate surface area is 169 Å². The second-order valence-corrected chi connectivity index (χ2v) is 8.38. The first-order valence-corrected chi connectivity index (χ1v) is 9.97. The Morgan fingerprint density at radius 3 is 2.47 bits per heavy atom. The third kappa shape index (κ3) is 3.52. The Balaban J connectivity index is 1.75. The molecule has 1 aliphatic heterocycles. The van der Waals surface area contributed by atoms with Gasteiger partial charge in [0.2, 0.25) is 0 Å². The maximum atomic E-state index is 15.5. The van der Waals surface area contributed by atoms with Crippen LogP contribution < -0.4 is 17.0 Å². The lowest BCUT2D eigenvalue weighted by Gasteiger charge is -2.37. The SMILES string of the molecule is CC1=C(F)C(N2CC(CN)C(OC(F)(F)F)C2)C(C)c2c1c(=O)[nH]c(=O)n2C1CC1. The maximum Gasteiger partial charge on any atom is 0.522 e. The van der Waals surface area contributed by atoms with Crippen molar-refractivity contribution < 1.29 is 22.3 Å². The van der Waals surface area contributed by atoms with Crippen LogP contribution in [0.1, 0.15) is 49.9 Å². The summed E-state index contributed by atoms with van der Waals surface area (Å²) in [6, 6.07) is -0.962. The Morgan fingerprint density at radius 1 is 1.23 bits per heavy atom. The van der Waals surface area contributed by atoms with Crippen LogP contribution in [-0.2, 0) is 4.74 Å². The monoisotopic (exact) mass is 432 g/mol. The number of hydrogen-bond donors (Lipinski definition) is 2. The van der Waals surface area contributed by atoms with Gasteiger partial charge in [0.15, 0.2) is 0 Å². The highest BCUT2D eigenvalue weighted by Gasteiger charge is 2.48. The van der Waals surface area contributed by atoms with Crippen LogP contribution in [0.5, 0.6) is 0 Å². The summed E-state index contributed by atoms with van der Waals surface area (Å²) in [5.74, 6) is -1.80. The van der Waals surface area contributed by atoms with Crippen LogP contribution in [0, 0.1) is 5.92 Å². The molecule has 7 nitrogen and oxygen atoms in total. The van der Waals surface area contributed by atoms with Crippen molar-refractivity contribution >= 4 is 5.57 Å². The number of rotatable bonds is 4. The molecule has 11 heteroatoms. The van der Waals surface area contributed by atoms with Crippen LogP contribution in [0.3, 0.4) is 0 Å². The Morgan fingerprint density at radius 2 is 1.90 bits per heavy atom. The highest BCUT2D eigenvalue weighted by molar-refractivity contribution is 5.71. The van der Waals surface area contributed by atoms with Crippen molar-refractivity contribution in [2.24, 2.45) is 11.7 Å². The van der Waals surface area contributed by atoms with E-state index in [0.717, 1.165) is 12.8 Å². The number of nitrogens with zero attached hydrogens (tertiary/aromatic N) is 2. The van der Waals surface area contributed by atoms with Crippen LogP contribution in [-0.4, -0.2) is 52.6 Å². The highest BCUT2D eigenvalue weighted by atomic mass is 19.4. The molecule has 1 aromatic heterocycles. The molecule has 3 aliphatic rings. The fourth-order valence-electron chi connectivity index (χ4n) is 4.89. The summed E-state index contributed by atoms with van der Waals surface area (Å²) in [6.45, 7) is 3.10. The van der Waals surface area contributed by atoms with E-state index in [4.69, 9.17) is 5.73 Å². The number of alkyl halides is 3. The molecule has 30 heavy (non-hydrogen) atoms. The lowest BCUT2D eigenvalue weighted by atomic mass is 9.83. The fraction of sp³-hybridized carbons (Fsp3) is 0.684. The van der Waals surface area contributed by atoms with Gasteiger partial charge in [-0.2, -0.15) is 0 Å². The zero-order valence-corrected chi connectivity index (χ0v) is 16.6. The Bertz CT molecular complexity index is 995. The lowest BCUT2D eigenvalue weighted by Crippen LogP contribution is -2.46. The number of nitrogens with one attached hydrogen (secondary N) is 1. The molecule has 1 saturated carbocycles. The zero-order valence-electron chi connectivity index (χ0n) is 16.6. The third-order valence-electron chi connectivity index (χ3n) is 6.38. The Kier molecular flexibility index (Phi) is 5.18. The van der Waals surface area contributed by atoms with E-state index in [1.54, 1.807) is 11.8 Å². The van der Waals surface area contributed by atoms with E-state index in [1.165, 1.54) is 11.5 Å². The molecule has 0 radical (unpaired) electrons. The largest absolute Gasteiger partial charge is 0.522 e. The van der Waals surface area contributed by atoms with E-state index in [9.17, 15) is 22.8 Å². The maximum absolute atomic E-state index is 15.5. The summed E-state index contributed by atoms with van der Waals surface area (Å²) < 4.78 is 59.6. The van der Waals surface area contributed by atoms with Crippen LogP contribution in [0.25, 0.3) is 5.57 Å². The number of likely N-dealkylation sites (tertiary alicyclic amines) is 1. The number of aromatic amines is 1. The molecule has 2 aliphatic carbocycles. The third-order valence-corrected chi connectivity index (χ3v) is 6.38. The molecule has 0 aromatic carbocycles. The van der Waals surface area contributed by atoms with Crippen molar-refractivity contribution in [2.45, 2.75) is 57.2 Å². The molecule has 2 fully saturated rings. The van der Waals surface area contributed by atoms with Crippen molar-refractivity contribution in [3.05, 3.63) is 37.9 Å². The van der Waals surface area contributed by atoms with Gasteiger partial charge in [0.25, 0.3) is 5.56 Å². The van der Waals surface area contributed by atoms with Crippen molar-refractivity contribution in [3.8, 4) is 0 Å². The zero-order chi connectivity index (χ0) is 22.0. The second-order valence-electron chi connectivity index (χ2n) is 8.38. The minimum Gasteiger partial charge on any atom is -0.330 e. The topological polar surface area (TPSA) is 93.3 Å². The van der Waals surface area contributed by atoms with Gasteiger partial charge in [-0.15, -0.1) is 13.2 Å². The van der Waals surface area contributed by atoms with E-state index in [0.29, 0.717) is 5.69 Å². The van der Waals surface area contributed by atoms with Crippen LogP contribution in [0.15, 0.2) is 15.4 Å². The molecule has 1 saturated heterocycles. The molecular formula is C19H24F4N4O3. The van der Waals surface area contributed by atoms with Gasteiger partial charge in [0, 0.05) is 36.7 Å². The van der Waals surface area contributed by atoms with Crippen LogP contribution in [0.2, 0.25) is 0 Å². The number of aromatic nitrogens is 2. The summed E-state index contributed by atoms with van der Waals surface area (Å²) >= 11 is 0. The van der Waals surface area contributed by atoms with Crippen molar-refractivity contribution in [1.29, 1.82) is 0 Å². The standard InChI is InChI=1S/C19H24F4N4O3/c1-8-13-15(27(11-3-4-11)18(29)25-17(13)28)9(2)16(14(8)20)26-6-10(5-24)12(7-26)30-19(21,22)23/h9-12,16H,3-7,24H2,1-2H3,(H,25,28,29). The first-order chi connectivity index (χ1) is 14.0. The molecule has 4 rings (SSSR count). The van der Waals surface area contributed by atoms with E-state index in [1.807, 2.05) is 0 Å². The minimum atomic E-state index is -4.82. The molecule has 0 amide bonds. The summed E-state index contributed by atoms with van der Waals surface area (Å²) in [4.78, 5) is 28.8. The molecule has 3 N–H and O–H groups in total. The number of H-pyrrole nitrogens is 1. The predicted molar refractivity (Wildman–Crippen MR) is 101 cm³/mol. The molecule has 2 heterocycles. The molecule has 4 unspecified atom stereocenters. The molecule has 1 aromatic rings. The van der Waals surface area contributed by atoms with Crippen LogP contribution in [0.4, 0.5) is 17.6 Å². The van der Waals surface area contributed by atoms with Gasteiger partial charge < -0.3 is 5.73 Å². The molecule has 0 bridgehead atoms. The summed E-state index contributed by atoms with van der Waals surface area (Å²) in [5, 5.41) is 0. The second kappa shape index (κ2) is 7.31. The van der Waals surface area contributed by atoms with Gasteiger partial charge in [-0.25, -0.2) is 9.18 Å². The summed E-state index contributed by atoms with van der Waals surface area (Å²) in [5.41, 5.74) is 5.15. The smallest absolute Gasteiger partial charge is 0.330 e. The van der Waals surface area contributed by atoms with Gasteiger partial charge in [0.1, 0.15) is 5.83 Å². The van der Waals surface area contributed by atoms with E-state index in [2.05, 4.69) is 9.72 Å². The van der Waals surface area contributed by atoms with E-state index in [-0.39, 0.29) is 36.8 Å². The van der Waals surface area contributed by atoms with Crippen molar-refractivity contribution in [2.75, 3.05) is 19.6 Å². The van der Waals surface area contributed by atoms with E-state index < -0.39 is 47.4 Å². The van der Waals surface area contributed by atoms with Gasteiger partial charge in [-0.3, -0.25) is 24.0 Å². The summed E-state index contributed by atoms with van der Waals surface area (Å²) in [6.07, 6.45) is -4.46. The summed E-state index contributed by atoms with van der Waals surface area (Å²) in [7, 11) is 0. The predicted octanol–water partition coefficient (Wildman–Crippen LogP) is 1.85. The number of halogens is 4. The number of nitrogens with two attached hydrogens (primary N) is 1. The average molecular weight is 432 g/mol. The normalized spacial score (nSPS) is 30.1. The Hall–Kier alpha value is -1.98. The molecule has 4 atom stereocenters. The number of hydrogen-bond acceptors (Lipinski definition) is 5. The lowest BCUT2D eigenvalue weighted by molar-refractivity contribution is -0.344. The first kappa shape index (κ1) is 21.3. The van der Waals surface area contributed by atoms with Gasteiger partial charge >= 0.3 is 12.1 Å². The number of allylic oxidation sites excluding steroid dienone is 1. The first-order valence-electron chi connectivity index (χ1n) is 9.97. The fourth-order valence-corrected chi connectivity index (χ4v) is 4.89. The van der Waals surface area contributed by atoms with Gasteiger partial charge in [-0.05, 0) is 31.9 Å². The number of ether oxygens (including phenoxy) is 1.